The minimum Gasteiger partial charge on any atom is -0.397 e. The van der Waals surface area contributed by atoms with Crippen molar-refractivity contribution in [3.63, 3.8) is 0 Å². The first-order valence-electron chi connectivity index (χ1n) is 6.03. The normalized spacial score (nSPS) is 16.4. The molecule has 0 aromatic carbocycles. The average Bonchev–Trinajstić information content (AvgIpc) is 2.52. The second-order valence-electron chi connectivity index (χ2n) is 4.59. The number of likely N-dealkylation sites (N-methyl/N-ethyl adjacent to an activating group) is 1. The summed E-state index contributed by atoms with van der Waals surface area (Å²) in [5, 5.41) is 0. The van der Waals surface area contributed by atoms with Crippen LogP contribution in [0.5, 0.6) is 0 Å². The number of nitrogens with two attached hydrogens (primary N) is 2. The van der Waals surface area contributed by atoms with E-state index in [1.807, 2.05) is 0 Å². The number of nitrogens with zero attached hydrogens (tertiary/aromatic N) is 3. The van der Waals surface area contributed by atoms with Crippen molar-refractivity contribution in [1.82, 2.24) is 9.88 Å². The van der Waals surface area contributed by atoms with E-state index in [9.17, 15) is 9.59 Å². The Kier molecular flexibility index (Phi) is 3.55. The van der Waals surface area contributed by atoms with E-state index >= 15 is 0 Å². The van der Waals surface area contributed by atoms with Crippen molar-refractivity contribution < 1.29 is 9.59 Å². The minimum atomic E-state index is -0.597. The molecule has 2 amide bonds. The SMILES string of the molecule is CN1CCCN(c2ncc(N)cc2C(N)=O)CC1=O. The van der Waals surface area contributed by atoms with Crippen LogP contribution in [-0.2, 0) is 4.79 Å². The van der Waals surface area contributed by atoms with Gasteiger partial charge >= 0.3 is 0 Å². The molecule has 1 aliphatic rings. The third-order valence-corrected chi connectivity index (χ3v) is 3.13. The van der Waals surface area contributed by atoms with Crippen LogP contribution < -0.4 is 16.4 Å². The van der Waals surface area contributed by atoms with Gasteiger partial charge in [-0.05, 0) is 12.5 Å². The number of amides is 2. The number of nitrogen functional groups attached to an aromatic ring is 1. The molecule has 19 heavy (non-hydrogen) atoms. The average molecular weight is 263 g/mol. The van der Waals surface area contributed by atoms with Crippen LogP contribution in [0, 0.1) is 0 Å². The van der Waals surface area contributed by atoms with E-state index in [0.29, 0.717) is 24.6 Å². The fraction of sp³-hybridized carbons (Fsp3) is 0.417. The maximum absolute atomic E-state index is 11.9. The van der Waals surface area contributed by atoms with E-state index in [-0.39, 0.29) is 18.0 Å². The van der Waals surface area contributed by atoms with Crippen LogP contribution in [0.25, 0.3) is 0 Å². The largest absolute Gasteiger partial charge is 0.397 e. The van der Waals surface area contributed by atoms with Gasteiger partial charge in [0.15, 0.2) is 0 Å². The Labute approximate surface area is 111 Å². The van der Waals surface area contributed by atoms with E-state index in [4.69, 9.17) is 11.5 Å². The second kappa shape index (κ2) is 5.13. The fourth-order valence-corrected chi connectivity index (χ4v) is 2.07. The molecule has 0 bridgehead atoms. The first-order valence-corrected chi connectivity index (χ1v) is 6.03. The first-order chi connectivity index (χ1) is 8.99. The van der Waals surface area contributed by atoms with Crippen molar-refractivity contribution in [3.05, 3.63) is 17.8 Å². The molecule has 1 aromatic heterocycles. The van der Waals surface area contributed by atoms with Crippen LogP contribution >= 0.6 is 0 Å². The maximum atomic E-state index is 11.9. The topological polar surface area (TPSA) is 106 Å². The molecule has 0 aliphatic carbocycles. The molecule has 102 valence electrons. The van der Waals surface area contributed by atoms with E-state index in [0.717, 1.165) is 6.42 Å². The van der Waals surface area contributed by atoms with Gasteiger partial charge in [0.2, 0.25) is 5.91 Å². The highest BCUT2D eigenvalue weighted by molar-refractivity contribution is 5.99. The van der Waals surface area contributed by atoms with Gasteiger partial charge in [0.05, 0.1) is 24.0 Å². The van der Waals surface area contributed by atoms with Crippen molar-refractivity contribution in [1.29, 1.82) is 0 Å². The molecule has 0 atom stereocenters. The molecule has 1 fully saturated rings. The summed E-state index contributed by atoms with van der Waals surface area (Å²) < 4.78 is 0. The summed E-state index contributed by atoms with van der Waals surface area (Å²) >= 11 is 0. The molecular formula is C12H17N5O2. The van der Waals surface area contributed by atoms with Crippen LogP contribution in [-0.4, -0.2) is 48.4 Å². The van der Waals surface area contributed by atoms with Gasteiger partial charge < -0.3 is 21.3 Å². The molecule has 7 heteroatoms. The third kappa shape index (κ3) is 2.75. The van der Waals surface area contributed by atoms with Gasteiger partial charge in [0.25, 0.3) is 5.91 Å². The molecule has 4 N–H and O–H groups in total. The zero-order chi connectivity index (χ0) is 14.0. The molecular weight excluding hydrogens is 246 g/mol. The summed E-state index contributed by atoms with van der Waals surface area (Å²) in [5.41, 5.74) is 11.6. The molecule has 2 heterocycles. The first kappa shape index (κ1) is 13.1. The smallest absolute Gasteiger partial charge is 0.252 e. The van der Waals surface area contributed by atoms with Crippen molar-refractivity contribution >= 4 is 23.3 Å². The minimum absolute atomic E-state index is 0.00783. The third-order valence-electron chi connectivity index (χ3n) is 3.13. The van der Waals surface area contributed by atoms with Gasteiger partial charge in [-0.1, -0.05) is 0 Å². The molecule has 0 saturated carbocycles. The van der Waals surface area contributed by atoms with Crippen LogP contribution in [0.4, 0.5) is 11.5 Å². The Morgan fingerprint density at radius 3 is 2.84 bits per heavy atom. The number of hydrogen-bond donors (Lipinski definition) is 2. The predicted molar refractivity (Wildman–Crippen MR) is 71.6 cm³/mol. The van der Waals surface area contributed by atoms with Crippen LogP contribution in [0.1, 0.15) is 16.8 Å². The molecule has 1 saturated heterocycles. The number of anilines is 2. The molecule has 1 aliphatic heterocycles. The molecule has 2 rings (SSSR count). The second-order valence-corrected chi connectivity index (χ2v) is 4.59. The van der Waals surface area contributed by atoms with E-state index in [1.165, 1.54) is 12.3 Å². The van der Waals surface area contributed by atoms with Gasteiger partial charge in [-0.15, -0.1) is 0 Å². The predicted octanol–water partition coefficient (Wildman–Crippen LogP) is -0.569. The number of hydrogen-bond acceptors (Lipinski definition) is 5. The summed E-state index contributed by atoms with van der Waals surface area (Å²) in [6, 6.07) is 1.49. The van der Waals surface area contributed by atoms with E-state index < -0.39 is 5.91 Å². The van der Waals surface area contributed by atoms with Crippen LogP contribution in [0.3, 0.4) is 0 Å². The van der Waals surface area contributed by atoms with E-state index in [1.54, 1.807) is 16.8 Å². The van der Waals surface area contributed by atoms with Gasteiger partial charge in [-0.25, -0.2) is 4.98 Å². The quantitative estimate of drug-likeness (QED) is 0.743. The molecule has 0 spiro atoms. The zero-order valence-electron chi connectivity index (χ0n) is 10.8. The fourth-order valence-electron chi connectivity index (χ4n) is 2.07. The number of primary amides is 1. The Bertz CT molecular complexity index is 517. The standard InChI is InChI=1S/C12H17N5O2/c1-16-3-2-4-17(7-10(16)18)12-9(11(14)19)5-8(13)6-15-12/h5-6H,2-4,7,13H2,1H3,(H2,14,19). The Morgan fingerprint density at radius 2 is 2.16 bits per heavy atom. The van der Waals surface area contributed by atoms with Crippen LogP contribution in [0.2, 0.25) is 0 Å². The van der Waals surface area contributed by atoms with Crippen molar-refractivity contribution in [2.24, 2.45) is 5.73 Å². The summed E-state index contributed by atoms with van der Waals surface area (Å²) in [7, 11) is 1.76. The van der Waals surface area contributed by atoms with Crippen molar-refractivity contribution in [2.45, 2.75) is 6.42 Å². The highest BCUT2D eigenvalue weighted by Gasteiger charge is 2.23. The zero-order valence-corrected chi connectivity index (χ0v) is 10.8. The van der Waals surface area contributed by atoms with Crippen molar-refractivity contribution in [2.75, 3.05) is 37.3 Å². The van der Waals surface area contributed by atoms with Gasteiger partial charge in [-0.2, -0.15) is 0 Å². The lowest BCUT2D eigenvalue weighted by atomic mass is 10.2. The molecule has 1 aromatic rings. The Balaban J connectivity index is 2.35. The number of pyridine rings is 1. The summed E-state index contributed by atoms with van der Waals surface area (Å²) in [5.74, 6) is -0.184. The van der Waals surface area contributed by atoms with Gasteiger partial charge in [0.1, 0.15) is 5.82 Å². The molecule has 0 radical (unpaired) electrons. The van der Waals surface area contributed by atoms with Crippen LogP contribution in [0.15, 0.2) is 12.3 Å². The van der Waals surface area contributed by atoms with E-state index in [2.05, 4.69) is 4.98 Å². The van der Waals surface area contributed by atoms with Gasteiger partial charge in [0, 0.05) is 20.1 Å². The Morgan fingerprint density at radius 1 is 1.42 bits per heavy atom. The lowest BCUT2D eigenvalue weighted by Crippen LogP contribution is -2.35. The number of carbonyl (C=O) groups excluding carboxylic acids is 2. The number of rotatable bonds is 2. The lowest BCUT2D eigenvalue weighted by Gasteiger charge is -2.22. The molecule has 7 nitrogen and oxygen atoms in total. The monoisotopic (exact) mass is 263 g/mol. The van der Waals surface area contributed by atoms with Gasteiger partial charge in [-0.3, -0.25) is 9.59 Å². The summed E-state index contributed by atoms with van der Waals surface area (Å²) in [6.45, 7) is 1.52. The summed E-state index contributed by atoms with van der Waals surface area (Å²) in [4.78, 5) is 30.9. The summed E-state index contributed by atoms with van der Waals surface area (Å²) in [6.07, 6.45) is 2.27. The lowest BCUT2D eigenvalue weighted by molar-refractivity contribution is -0.127. The maximum Gasteiger partial charge on any atom is 0.252 e. The Hall–Kier alpha value is -2.31. The number of aromatic nitrogens is 1. The highest BCUT2D eigenvalue weighted by atomic mass is 16.2. The molecule has 0 unspecified atom stereocenters. The number of carbonyl (C=O) groups is 2. The highest BCUT2D eigenvalue weighted by Crippen LogP contribution is 2.21. The van der Waals surface area contributed by atoms with Crippen molar-refractivity contribution in [3.8, 4) is 0 Å².